The Morgan fingerprint density at radius 2 is 2.10 bits per heavy atom. The molecule has 2 N–H and O–H groups in total. The molecule has 0 saturated carbocycles. The Morgan fingerprint density at radius 1 is 1.70 bits per heavy atom. The number of nitrogens with two attached hydrogens (primary N) is 1. The first-order valence-corrected chi connectivity index (χ1v) is 3.00. The number of alkyl halides is 1. The first-order valence-electron chi connectivity index (χ1n) is 2.57. The molecule has 0 radical (unpaired) electrons. The van der Waals surface area contributed by atoms with Crippen LogP contribution in [0.4, 0.5) is 0 Å². The van der Waals surface area contributed by atoms with Gasteiger partial charge in [0, 0.05) is 0 Å². The van der Waals surface area contributed by atoms with Crippen LogP contribution in [0, 0.1) is 0 Å². The third-order valence-corrected chi connectivity index (χ3v) is 1.24. The third kappa shape index (κ3) is 3.93. The predicted octanol–water partition coefficient (Wildman–Crippen LogP) is 0.536. The lowest BCUT2D eigenvalue weighted by Gasteiger charge is -2.09. The van der Waals surface area contributed by atoms with Crippen LogP contribution in [0.25, 0.3) is 0 Å². The monoisotopic (exact) mass is 187 g/mol. The summed E-state index contributed by atoms with van der Waals surface area (Å²) in [6.45, 7) is 1.64. The first kappa shape index (κ1) is 12.7. The van der Waals surface area contributed by atoms with Crippen LogP contribution in [-0.4, -0.2) is 24.5 Å². The van der Waals surface area contributed by atoms with E-state index >= 15 is 0 Å². The zero-order valence-corrected chi connectivity index (χ0v) is 7.41. The van der Waals surface area contributed by atoms with E-state index in [4.69, 9.17) is 17.3 Å². The van der Waals surface area contributed by atoms with Crippen LogP contribution < -0.4 is 5.73 Å². The number of carbonyl (C=O) groups excluding carboxylic acids is 1. The van der Waals surface area contributed by atoms with Gasteiger partial charge in [-0.25, -0.2) is 0 Å². The molecule has 0 aliphatic carbocycles. The Balaban J connectivity index is 0. The third-order valence-electron chi connectivity index (χ3n) is 0.968. The molecule has 0 aliphatic heterocycles. The average molecular weight is 188 g/mol. The minimum Gasteiger partial charge on any atom is -0.468 e. The molecule has 10 heavy (non-hydrogen) atoms. The molecule has 0 saturated heterocycles. The molecule has 0 amide bonds. The summed E-state index contributed by atoms with van der Waals surface area (Å²) in [5.41, 5.74) is 5.26. The number of hydrogen-bond acceptors (Lipinski definition) is 3. The fourth-order valence-electron chi connectivity index (χ4n) is 0.324. The Hall–Kier alpha value is 0.01000. The molecule has 0 spiro atoms. The molecule has 0 aromatic carbocycles. The van der Waals surface area contributed by atoms with Crippen molar-refractivity contribution in [2.75, 3.05) is 7.11 Å². The van der Waals surface area contributed by atoms with Crippen molar-refractivity contribution in [3.63, 3.8) is 0 Å². The van der Waals surface area contributed by atoms with Crippen molar-refractivity contribution in [3.05, 3.63) is 0 Å². The molecule has 0 heterocycles. The highest BCUT2D eigenvalue weighted by molar-refractivity contribution is 6.22. The van der Waals surface area contributed by atoms with Crippen LogP contribution in [0.5, 0.6) is 0 Å². The van der Waals surface area contributed by atoms with Gasteiger partial charge >= 0.3 is 5.97 Å². The molecule has 0 rings (SSSR count). The molecular weight excluding hydrogens is 177 g/mol. The Labute approximate surface area is 71.3 Å². The Morgan fingerprint density at radius 3 is 2.20 bits per heavy atom. The van der Waals surface area contributed by atoms with Gasteiger partial charge in [-0.2, -0.15) is 0 Å². The van der Waals surface area contributed by atoms with Gasteiger partial charge in [-0.3, -0.25) is 4.79 Å². The highest BCUT2D eigenvalue weighted by Gasteiger charge is 2.18. The maximum absolute atomic E-state index is 10.5. The van der Waals surface area contributed by atoms with E-state index in [1.165, 1.54) is 7.11 Å². The SMILES string of the molecule is COC(=O)[C@H](N)[C@@H](C)Cl.Cl. The second-order valence-corrected chi connectivity index (χ2v) is 2.41. The van der Waals surface area contributed by atoms with E-state index in [0.29, 0.717) is 0 Å². The van der Waals surface area contributed by atoms with Crippen LogP contribution in [0.3, 0.4) is 0 Å². The van der Waals surface area contributed by atoms with Gasteiger partial charge in [0.05, 0.1) is 12.5 Å². The van der Waals surface area contributed by atoms with E-state index in [9.17, 15) is 4.79 Å². The van der Waals surface area contributed by atoms with Gasteiger partial charge < -0.3 is 10.5 Å². The number of esters is 1. The van der Waals surface area contributed by atoms with Gasteiger partial charge in [0.2, 0.25) is 0 Å². The molecule has 0 bridgehead atoms. The number of carbonyl (C=O) groups is 1. The molecule has 0 fully saturated rings. The van der Waals surface area contributed by atoms with Crippen molar-refractivity contribution < 1.29 is 9.53 Å². The second-order valence-electron chi connectivity index (χ2n) is 1.73. The summed E-state index contributed by atoms with van der Waals surface area (Å²) in [5, 5.41) is -0.377. The zero-order chi connectivity index (χ0) is 7.44. The number of rotatable bonds is 2. The maximum atomic E-state index is 10.5. The molecule has 0 unspecified atom stereocenters. The quantitative estimate of drug-likeness (QED) is 0.508. The Kier molecular flexibility index (Phi) is 7.31. The molecule has 3 nitrogen and oxygen atoms in total. The van der Waals surface area contributed by atoms with Gasteiger partial charge in [0.15, 0.2) is 0 Å². The molecule has 0 aliphatic rings. The fraction of sp³-hybridized carbons (Fsp3) is 0.800. The molecule has 0 aromatic rings. The van der Waals surface area contributed by atoms with Crippen molar-refractivity contribution in [2.45, 2.75) is 18.3 Å². The molecule has 62 valence electrons. The lowest BCUT2D eigenvalue weighted by Crippen LogP contribution is -2.38. The minimum absolute atomic E-state index is 0. The standard InChI is InChI=1S/C5H10ClNO2.ClH/c1-3(6)4(7)5(8)9-2;/h3-4H,7H2,1-2H3;1H/t3-,4-;/m1./s1. The first-order chi connectivity index (χ1) is 4.09. The van der Waals surface area contributed by atoms with Crippen LogP contribution >= 0.6 is 24.0 Å². The van der Waals surface area contributed by atoms with Crippen molar-refractivity contribution in [2.24, 2.45) is 5.73 Å². The summed E-state index contributed by atoms with van der Waals surface area (Å²) < 4.78 is 4.32. The summed E-state index contributed by atoms with van der Waals surface area (Å²) in [4.78, 5) is 10.5. The van der Waals surface area contributed by atoms with Gasteiger partial charge in [-0.05, 0) is 6.92 Å². The zero-order valence-electron chi connectivity index (χ0n) is 5.83. The number of hydrogen-bond donors (Lipinski definition) is 1. The Bertz CT molecular complexity index is 108. The molecule has 0 aromatic heterocycles. The number of halogens is 2. The van der Waals surface area contributed by atoms with Gasteiger partial charge in [0.25, 0.3) is 0 Å². The molecular formula is C5H11Cl2NO2. The number of ether oxygens (including phenoxy) is 1. The lowest BCUT2D eigenvalue weighted by molar-refractivity contribution is -0.142. The van der Waals surface area contributed by atoms with Crippen molar-refractivity contribution in [1.29, 1.82) is 0 Å². The van der Waals surface area contributed by atoms with E-state index in [1.54, 1.807) is 6.92 Å². The summed E-state index contributed by atoms with van der Waals surface area (Å²) in [6, 6.07) is -0.711. The maximum Gasteiger partial charge on any atom is 0.324 e. The van der Waals surface area contributed by atoms with E-state index in [2.05, 4.69) is 4.74 Å². The van der Waals surface area contributed by atoms with Gasteiger partial charge in [-0.1, -0.05) is 0 Å². The van der Waals surface area contributed by atoms with Crippen LogP contribution in [0.15, 0.2) is 0 Å². The lowest BCUT2D eigenvalue weighted by atomic mass is 10.2. The van der Waals surface area contributed by atoms with E-state index in [0.717, 1.165) is 0 Å². The summed E-state index contributed by atoms with van der Waals surface area (Å²) in [6.07, 6.45) is 0. The fourth-order valence-corrected chi connectivity index (χ4v) is 0.426. The highest BCUT2D eigenvalue weighted by atomic mass is 35.5. The smallest absolute Gasteiger partial charge is 0.324 e. The second kappa shape index (κ2) is 5.77. The van der Waals surface area contributed by atoms with Crippen molar-refractivity contribution in [3.8, 4) is 0 Å². The van der Waals surface area contributed by atoms with Crippen molar-refractivity contribution in [1.82, 2.24) is 0 Å². The normalized spacial score (nSPS) is 14.8. The molecule has 2 atom stereocenters. The largest absolute Gasteiger partial charge is 0.468 e. The van der Waals surface area contributed by atoms with Crippen molar-refractivity contribution >= 4 is 30.0 Å². The van der Waals surface area contributed by atoms with Crippen LogP contribution in [-0.2, 0) is 9.53 Å². The minimum atomic E-state index is -0.711. The topological polar surface area (TPSA) is 52.3 Å². The number of methoxy groups -OCH3 is 1. The van der Waals surface area contributed by atoms with E-state index in [1.807, 2.05) is 0 Å². The van der Waals surface area contributed by atoms with Crippen LogP contribution in [0.2, 0.25) is 0 Å². The summed E-state index contributed by atoms with van der Waals surface area (Å²) in [5.74, 6) is -0.475. The summed E-state index contributed by atoms with van der Waals surface area (Å²) >= 11 is 5.48. The summed E-state index contributed by atoms with van der Waals surface area (Å²) in [7, 11) is 1.28. The van der Waals surface area contributed by atoms with Gasteiger partial charge in [0.1, 0.15) is 6.04 Å². The van der Waals surface area contributed by atoms with E-state index < -0.39 is 12.0 Å². The molecule has 5 heteroatoms. The average Bonchev–Trinajstić information content (AvgIpc) is 1.84. The predicted molar refractivity (Wildman–Crippen MR) is 42.6 cm³/mol. The van der Waals surface area contributed by atoms with E-state index in [-0.39, 0.29) is 17.8 Å². The van der Waals surface area contributed by atoms with Crippen LogP contribution in [0.1, 0.15) is 6.92 Å². The van der Waals surface area contributed by atoms with Gasteiger partial charge in [-0.15, -0.1) is 24.0 Å². The highest BCUT2D eigenvalue weighted by Crippen LogP contribution is 1.99.